The number of imidazole rings is 1. The van der Waals surface area contributed by atoms with Gasteiger partial charge in [-0.15, -0.1) is 0 Å². The van der Waals surface area contributed by atoms with E-state index in [1.165, 1.54) is 0 Å². The maximum Gasteiger partial charge on any atom is 0.305 e. The molecular formula is C23H28N2O3S. The number of fused-ring (bicyclic) bond motifs is 1. The fraction of sp³-hybridized carbons (Fsp3) is 0.391. The largest absolute Gasteiger partial charge is 0.492 e. The molecule has 6 heteroatoms. The van der Waals surface area contributed by atoms with Crippen molar-refractivity contribution in [2.75, 3.05) is 19.0 Å². The molecule has 29 heavy (non-hydrogen) atoms. The molecule has 0 amide bonds. The van der Waals surface area contributed by atoms with Crippen molar-refractivity contribution in [3.05, 3.63) is 53.6 Å². The van der Waals surface area contributed by atoms with Crippen LogP contribution in [0, 0.1) is 13.8 Å². The van der Waals surface area contributed by atoms with Crippen LogP contribution in [-0.4, -0.2) is 34.5 Å². The van der Waals surface area contributed by atoms with Crippen LogP contribution < -0.4 is 4.74 Å². The Hall–Kier alpha value is -2.47. The minimum Gasteiger partial charge on any atom is -0.492 e. The van der Waals surface area contributed by atoms with Gasteiger partial charge in [-0.1, -0.05) is 42.1 Å². The maximum absolute atomic E-state index is 11.7. The van der Waals surface area contributed by atoms with Crippen molar-refractivity contribution in [1.82, 2.24) is 9.55 Å². The van der Waals surface area contributed by atoms with Gasteiger partial charge >= 0.3 is 5.97 Å². The monoisotopic (exact) mass is 412 g/mol. The normalized spacial score (nSPS) is 11.0. The van der Waals surface area contributed by atoms with Crippen molar-refractivity contribution in [1.29, 1.82) is 0 Å². The average molecular weight is 413 g/mol. The van der Waals surface area contributed by atoms with Gasteiger partial charge in [-0.25, -0.2) is 4.98 Å². The third kappa shape index (κ3) is 5.54. The summed E-state index contributed by atoms with van der Waals surface area (Å²) >= 11 is 1.68. The Morgan fingerprint density at radius 1 is 1.10 bits per heavy atom. The second-order valence-electron chi connectivity index (χ2n) is 6.86. The van der Waals surface area contributed by atoms with E-state index in [9.17, 15) is 4.79 Å². The van der Waals surface area contributed by atoms with E-state index in [4.69, 9.17) is 14.5 Å². The highest BCUT2D eigenvalue weighted by Crippen LogP contribution is 2.26. The number of hydrogen-bond donors (Lipinski definition) is 0. The van der Waals surface area contributed by atoms with E-state index in [1.54, 1.807) is 11.8 Å². The molecule has 0 N–H and O–H groups in total. The fourth-order valence-electron chi connectivity index (χ4n) is 3.30. The number of carbonyl (C=O) groups excluding carboxylic acids is 1. The number of ether oxygens (including phenoxy) is 2. The van der Waals surface area contributed by atoms with Gasteiger partial charge in [0.1, 0.15) is 5.75 Å². The molecule has 2 aromatic carbocycles. The molecule has 0 saturated heterocycles. The Morgan fingerprint density at radius 3 is 2.62 bits per heavy atom. The predicted molar refractivity (Wildman–Crippen MR) is 118 cm³/mol. The summed E-state index contributed by atoms with van der Waals surface area (Å²) in [6.07, 6.45) is 1.14. The van der Waals surface area contributed by atoms with Gasteiger partial charge in [-0.3, -0.25) is 4.79 Å². The van der Waals surface area contributed by atoms with E-state index in [1.807, 2.05) is 31.2 Å². The topological polar surface area (TPSA) is 53.4 Å². The van der Waals surface area contributed by atoms with Crippen molar-refractivity contribution in [3.8, 4) is 5.75 Å². The third-order valence-corrected chi connectivity index (χ3v) is 5.60. The summed E-state index contributed by atoms with van der Waals surface area (Å²) in [6, 6.07) is 14.3. The number of nitrogens with zero attached hydrogens (tertiary/aromatic N) is 2. The van der Waals surface area contributed by atoms with E-state index in [-0.39, 0.29) is 5.97 Å². The highest BCUT2D eigenvalue weighted by Gasteiger charge is 2.12. The average Bonchev–Trinajstić information content (AvgIpc) is 3.05. The van der Waals surface area contributed by atoms with Gasteiger partial charge in [0, 0.05) is 18.7 Å². The molecule has 0 radical (unpaired) electrons. The SMILES string of the molecule is CCOC(=O)CCCn1c(SCCOc2c(C)cccc2C)nc2ccccc21. The van der Waals surface area contributed by atoms with Crippen LogP contribution in [0.1, 0.15) is 30.9 Å². The van der Waals surface area contributed by atoms with Crippen LogP contribution >= 0.6 is 11.8 Å². The molecule has 0 saturated carbocycles. The molecule has 0 spiro atoms. The second-order valence-corrected chi connectivity index (χ2v) is 7.92. The molecule has 0 atom stereocenters. The van der Waals surface area contributed by atoms with Crippen molar-refractivity contribution < 1.29 is 14.3 Å². The molecular weight excluding hydrogens is 384 g/mol. The van der Waals surface area contributed by atoms with Gasteiger partial charge < -0.3 is 14.0 Å². The highest BCUT2D eigenvalue weighted by molar-refractivity contribution is 7.99. The number of rotatable bonds is 10. The molecule has 0 aliphatic rings. The smallest absolute Gasteiger partial charge is 0.305 e. The molecule has 154 valence electrons. The number of carbonyl (C=O) groups is 1. The van der Waals surface area contributed by atoms with E-state index < -0.39 is 0 Å². The Balaban J connectivity index is 1.63. The first-order chi connectivity index (χ1) is 14.1. The summed E-state index contributed by atoms with van der Waals surface area (Å²) in [6.45, 7) is 7.74. The van der Waals surface area contributed by atoms with Crippen LogP contribution in [0.2, 0.25) is 0 Å². The first-order valence-corrected chi connectivity index (χ1v) is 11.0. The van der Waals surface area contributed by atoms with Crippen LogP contribution in [0.4, 0.5) is 0 Å². The number of para-hydroxylation sites is 3. The second kappa shape index (κ2) is 10.3. The van der Waals surface area contributed by atoms with Crippen LogP contribution in [0.3, 0.4) is 0 Å². The minimum absolute atomic E-state index is 0.145. The Bertz CT molecular complexity index is 948. The zero-order valence-electron chi connectivity index (χ0n) is 17.3. The zero-order valence-corrected chi connectivity index (χ0v) is 18.1. The van der Waals surface area contributed by atoms with Gasteiger partial charge in [0.25, 0.3) is 0 Å². The van der Waals surface area contributed by atoms with Crippen LogP contribution in [0.5, 0.6) is 5.75 Å². The molecule has 1 aromatic heterocycles. The van der Waals surface area contributed by atoms with Crippen LogP contribution in [0.15, 0.2) is 47.6 Å². The van der Waals surface area contributed by atoms with Gasteiger partial charge in [0.2, 0.25) is 0 Å². The van der Waals surface area contributed by atoms with Gasteiger partial charge in [-0.05, 0) is 50.5 Å². The quantitative estimate of drug-likeness (QED) is 0.261. The molecule has 0 bridgehead atoms. The molecule has 3 rings (SSSR count). The van der Waals surface area contributed by atoms with E-state index in [2.05, 4.69) is 36.6 Å². The first-order valence-electron chi connectivity index (χ1n) is 10.0. The molecule has 0 aliphatic carbocycles. The lowest BCUT2D eigenvalue weighted by Gasteiger charge is -2.12. The molecule has 5 nitrogen and oxygen atoms in total. The summed E-state index contributed by atoms with van der Waals surface area (Å²) < 4.78 is 13.3. The lowest BCUT2D eigenvalue weighted by Crippen LogP contribution is -2.08. The minimum atomic E-state index is -0.145. The number of aryl methyl sites for hydroxylation is 3. The van der Waals surface area contributed by atoms with Crippen molar-refractivity contribution in [2.24, 2.45) is 0 Å². The Labute approximate surface area is 176 Å². The summed E-state index contributed by atoms with van der Waals surface area (Å²) in [5, 5.41) is 0.958. The molecule has 1 heterocycles. The molecule has 0 unspecified atom stereocenters. The number of esters is 1. The van der Waals surface area contributed by atoms with Gasteiger partial charge in [0.15, 0.2) is 5.16 Å². The molecule has 0 fully saturated rings. The summed E-state index contributed by atoms with van der Waals surface area (Å²) in [5.74, 6) is 1.62. The van der Waals surface area contributed by atoms with Crippen molar-refractivity contribution >= 4 is 28.8 Å². The Kier molecular flexibility index (Phi) is 7.58. The number of aromatic nitrogens is 2. The fourth-order valence-corrected chi connectivity index (χ4v) is 4.16. The first kappa shape index (κ1) is 21.2. The predicted octanol–water partition coefficient (Wildman–Crippen LogP) is 5.17. The molecule has 0 aliphatic heterocycles. The van der Waals surface area contributed by atoms with Crippen molar-refractivity contribution in [2.45, 2.75) is 45.3 Å². The van der Waals surface area contributed by atoms with Crippen LogP contribution in [-0.2, 0) is 16.1 Å². The van der Waals surface area contributed by atoms with Crippen molar-refractivity contribution in [3.63, 3.8) is 0 Å². The zero-order chi connectivity index (χ0) is 20.6. The van der Waals surface area contributed by atoms with E-state index in [0.717, 1.165) is 51.8 Å². The highest BCUT2D eigenvalue weighted by atomic mass is 32.2. The molecule has 3 aromatic rings. The van der Waals surface area contributed by atoms with E-state index >= 15 is 0 Å². The number of thioether (sulfide) groups is 1. The van der Waals surface area contributed by atoms with Crippen LogP contribution in [0.25, 0.3) is 11.0 Å². The third-order valence-electron chi connectivity index (χ3n) is 4.66. The lowest BCUT2D eigenvalue weighted by atomic mass is 10.1. The summed E-state index contributed by atoms with van der Waals surface area (Å²) in [5.41, 5.74) is 4.37. The summed E-state index contributed by atoms with van der Waals surface area (Å²) in [4.78, 5) is 16.4. The summed E-state index contributed by atoms with van der Waals surface area (Å²) in [7, 11) is 0. The number of hydrogen-bond acceptors (Lipinski definition) is 5. The van der Waals surface area contributed by atoms with E-state index in [0.29, 0.717) is 19.6 Å². The Morgan fingerprint density at radius 2 is 1.86 bits per heavy atom. The lowest BCUT2D eigenvalue weighted by molar-refractivity contribution is -0.143. The van der Waals surface area contributed by atoms with Gasteiger partial charge in [0.05, 0.1) is 24.2 Å². The standard InChI is InChI=1S/C23H28N2O3S/c1-4-27-21(26)13-8-14-25-20-12-6-5-11-19(20)24-23(25)29-16-15-28-22-17(2)9-7-10-18(22)3/h5-7,9-12H,4,8,13-16H2,1-3H3. The number of benzene rings is 2. The van der Waals surface area contributed by atoms with Gasteiger partial charge in [-0.2, -0.15) is 0 Å². The maximum atomic E-state index is 11.7.